The smallest absolute Gasteiger partial charge is 0.313 e. The minimum atomic E-state index is -4.36. The van der Waals surface area contributed by atoms with E-state index in [0.29, 0.717) is 24.1 Å². The predicted molar refractivity (Wildman–Crippen MR) is 43.7 cm³/mol. The topological polar surface area (TPSA) is 40.7 Å². The van der Waals surface area contributed by atoms with Crippen LogP contribution in [-0.4, -0.2) is 17.2 Å². The molecular weight excluding hydrogens is 195 g/mol. The molecule has 6 heteroatoms. The number of fused-ring (bicyclic) bond motifs is 1. The molecule has 1 unspecified atom stereocenters. The summed E-state index contributed by atoms with van der Waals surface area (Å²) in [5.74, 6) is 0. The van der Waals surface area contributed by atoms with Crippen molar-refractivity contribution in [2.45, 2.75) is 25.1 Å². The quantitative estimate of drug-likeness (QED) is 0.731. The third kappa shape index (κ3) is 1.30. The average Bonchev–Trinajstić information content (AvgIpc) is 2.59. The third-order valence-corrected chi connectivity index (χ3v) is 2.53. The van der Waals surface area contributed by atoms with Crippen molar-refractivity contribution in [3.05, 3.63) is 17.0 Å². The number of aromatic amines is 1. The zero-order chi connectivity index (χ0) is 10.3. The molecule has 1 aliphatic carbocycles. The number of hydrogen-bond acceptors (Lipinski definition) is 2. The summed E-state index contributed by atoms with van der Waals surface area (Å²) in [6, 6.07) is -0.222. The first-order chi connectivity index (χ1) is 6.54. The van der Waals surface area contributed by atoms with Gasteiger partial charge in [-0.3, -0.25) is 5.10 Å². The Morgan fingerprint density at radius 3 is 2.79 bits per heavy atom. The van der Waals surface area contributed by atoms with Crippen molar-refractivity contribution in [1.29, 1.82) is 0 Å². The van der Waals surface area contributed by atoms with E-state index in [0.717, 1.165) is 0 Å². The van der Waals surface area contributed by atoms with E-state index in [2.05, 4.69) is 15.5 Å². The van der Waals surface area contributed by atoms with Crippen LogP contribution in [0.3, 0.4) is 0 Å². The van der Waals surface area contributed by atoms with Gasteiger partial charge >= 0.3 is 6.18 Å². The molecule has 0 bridgehead atoms. The fourth-order valence-corrected chi connectivity index (χ4v) is 1.89. The van der Waals surface area contributed by atoms with Gasteiger partial charge in [0.15, 0.2) is 5.69 Å². The van der Waals surface area contributed by atoms with E-state index < -0.39 is 11.9 Å². The first kappa shape index (κ1) is 9.51. The Kier molecular flexibility index (Phi) is 2.02. The Hall–Kier alpha value is -1.04. The third-order valence-electron chi connectivity index (χ3n) is 2.53. The lowest BCUT2D eigenvalue weighted by Gasteiger charge is -2.11. The maximum Gasteiger partial charge on any atom is 0.435 e. The van der Waals surface area contributed by atoms with Crippen LogP contribution in [0.25, 0.3) is 0 Å². The van der Waals surface area contributed by atoms with Gasteiger partial charge in [-0.25, -0.2) is 0 Å². The van der Waals surface area contributed by atoms with Crippen LogP contribution in [0.2, 0.25) is 0 Å². The molecule has 0 saturated carbocycles. The molecule has 0 amide bonds. The molecule has 0 aliphatic heterocycles. The Morgan fingerprint density at radius 2 is 2.21 bits per heavy atom. The lowest BCUT2D eigenvalue weighted by atomic mass is 10.1. The highest BCUT2D eigenvalue weighted by Gasteiger charge is 2.41. The van der Waals surface area contributed by atoms with Gasteiger partial charge in [-0.1, -0.05) is 0 Å². The number of aryl methyl sites for hydroxylation is 1. The van der Waals surface area contributed by atoms with Crippen molar-refractivity contribution >= 4 is 0 Å². The minimum Gasteiger partial charge on any atom is -0.313 e. The second-order valence-corrected chi connectivity index (χ2v) is 3.34. The molecule has 1 heterocycles. The molecule has 2 N–H and O–H groups in total. The Morgan fingerprint density at radius 1 is 1.50 bits per heavy atom. The zero-order valence-corrected chi connectivity index (χ0v) is 7.57. The van der Waals surface area contributed by atoms with Crippen LogP contribution in [0.4, 0.5) is 13.2 Å². The van der Waals surface area contributed by atoms with Crippen molar-refractivity contribution in [3.63, 3.8) is 0 Å². The number of alkyl halides is 3. The van der Waals surface area contributed by atoms with Crippen LogP contribution >= 0.6 is 0 Å². The molecular formula is C8H10F3N3. The molecule has 0 saturated heterocycles. The van der Waals surface area contributed by atoms with Crippen molar-refractivity contribution in [2.24, 2.45) is 0 Å². The SMILES string of the molecule is CNC1CCc2[nH]nc(C(F)(F)F)c21. The predicted octanol–water partition coefficient (Wildman–Crippen LogP) is 1.64. The van der Waals surface area contributed by atoms with Gasteiger partial charge in [0.2, 0.25) is 0 Å². The van der Waals surface area contributed by atoms with Crippen molar-refractivity contribution in [3.8, 4) is 0 Å². The molecule has 0 radical (unpaired) electrons. The number of nitrogens with one attached hydrogen (secondary N) is 2. The largest absolute Gasteiger partial charge is 0.435 e. The number of hydrogen-bond donors (Lipinski definition) is 2. The Bertz CT molecular complexity index is 342. The van der Waals surface area contributed by atoms with Gasteiger partial charge in [0.1, 0.15) is 0 Å². The molecule has 2 rings (SSSR count). The van der Waals surface area contributed by atoms with E-state index in [1.165, 1.54) is 0 Å². The van der Waals surface area contributed by atoms with Crippen molar-refractivity contribution < 1.29 is 13.2 Å². The van der Waals surface area contributed by atoms with E-state index in [4.69, 9.17) is 0 Å². The molecule has 1 aromatic heterocycles. The van der Waals surface area contributed by atoms with E-state index in [-0.39, 0.29) is 6.04 Å². The number of halogens is 3. The monoisotopic (exact) mass is 205 g/mol. The molecule has 0 fully saturated rings. The molecule has 3 nitrogen and oxygen atoms in total. The van der Waals surface area contributed by atoms with Crippen LogP contribution in [0.1, 0.15) is 29.4 Å². The fourth-order valence-electron chi connectivity index (χ4n) is 1.89. The van der Waals surface area contributed by atoms with Gasteiger partial charge in [-0.2, -0.15) is 18.3 Å². The van der Waals surface area contributed by atoms with E-state index in [1.54, 1.807) is 7.05 Å². The van der Waals surface area contributed by atoms with E-state index >= 15 is 0 Å². The maximum absolute atomic E-state index is 12.5. The van der Waals surface area contributed by atoms with Crippen LogP contribution in [0.15, 0.2) is 0 Å². The number of H-pyrrole nitrogens is 1. The van der Waals surface area contributed by atoms with Gasteiger partial charge in [-0.15, -0.1) is 0 Å². The van der Waals surface area contributed by atoms with Gasteiger partial charge in [-0.05, 0) is 19.9 Å². The number of aromatic nitrogens is 2. The lowest BCUT2D eigenvalue weighted by molar-refractivity contribution is -0.142. The molecule has 0 spiro atoms. The standard InChI is InChI=1S/C8H10F3N3/c1-12-4-2-3-5-6(4)7(14-13-5)8(9,10)11/h4,12H,2-3H2,1H3,(H,13,14). The summed E-state index contributed by atoms with van der Waals surface area (Å²) in [5.41, 5.74) is 0.126. The van der Waals surface area contributed by atoms with Crippen molar-refractivity contribution in [1.82, 2.24) is 15.5 Å². The maximum atomic E-state index is 12.5. The fraction of sp³-hybridized carbons (Fsp3) is 0.625. The second-order valence-electron chi connectivity index (χ2n) is 3.34. The average molecular weight is 205 g/mol. The summed E-state index contributed by atoms with van der Waals surface area (Å²) in [7, 11) is 1.66. The van der Waals surface area contributed by atoms with Gasteiger partial charge in [0.05, 0.1) is 0 Å². The van der Waals surface area contributed by atoms with E-state index in [1.807, 2.05) is 0 Å². The summed E-state index contributed by atoms with van der Waals surface area (Å²) in [6.45, 7) is 0. The minimum absolute atomic E-state index is 0.222. The highest BCUT2D eigenvalue weighted by atomic mass is 19.4. The van der Waals surface area contributed by atoms with Crippen LogP contribution in [0, 0.1) is 0 Å². The Balaban J connectivity index is 2.45. The summed E-state index contributed by atoms with van der Waals surface area (Å²) < 4.78 is 37.4. The van der Waals surface area contributed by atoms with Crippen molar-refractivity contribution in [2.75, 3.05) is 7.05 Å². The number of rotatable bonds is 1. The molecule has 0 aromatic carbocycles. The van der Waals surface area contributed by atoms with Crippen LogP contribution in [0.5, 0.6) is 0 Å². The summed E-state index contributed by atoms with van der Waals surface area (Å²) >= 11 is 0. The molecule has 1 aliphatic rings. The summed E-state index contributed by atoms with van der Waals surface area (Å²) in [4.78, 5) is 0. The normalized spacial score (nSPS) is 21.3. The first-order valence-electron chi connectivity index (χ1n) is 4.35. The highest BCUT2D eigenvalue weighted by molar-refractivity contribution is 5.34. The van der Waals surface area contributed by atoms with Gasteiger partial charge in [0, 0.05) is 17.3 Å². The first-order valence-corrected chi connectivity index (χ1v) is 4.35. The molecule has 1 atom stereocenters. The van der Waals surface area contributed by atoms with Crippen LogP contribution in [-0.2, 0) is 12.6 Å². The lowest BCUT2D eigenvalue weighted by Crippen LogP contribution is -2.17. The Labute approximate surface area is 78.7 Å². The number of nitrogens with zero attached hydrogens (tertiary/aromatic N) is 1. The molecule has 14 heavy (non-hydrogen) atoms. The van der Waals surface area contributed by atoms with Crippen LogP contribution < -0.4 is 5.32 Å². The summed E-state index contributed by atoms with van der Waals surface area (Å²) in [5, 5.41) is 8.62. The van der Waals surface area contributed by atoms with E-state index in [9.17, 15) is 13.2 Å². The summed E-state index contributed by atoms with van der Waals surface area (Å²) in [6.07, 6.45) is -3.03. The molecule has 1 aromatic rings. The van der Waals surface area contributed by atoms with Gasteiger partial charge in [0.25, 0.3) is 0 Å². The van der Waals surface area contributed by atoms with Gasteiger partial charge < -0.3 is 5.32 Å². The highest BCUT2D eigenvalue weighted by Crippen LogP contribution is 2.39. The second kappa shape index (κ2) is 2.98. The molecule has 78 valence electrons. The zero-order valence-electron chi connectivity index (χ0n) is 7.57.